The van der Waals surface area contributed by atoms with Crippen LogP contribution in [-0.4, -0.2) is 9.55 Å². The minimum absolute atomic E-state index is 0.0434. The largest absolute Gasteiger partial charge is 0.399 e. The first kappa shape index (κ1) is 11.1. The molecule has 0 spiro atoms. The lowest BCUT2D eigenvalue weighted by molar-refractivity contribution is 0.593. The number of nitrogens with two attached hydrogens (primary N) is 1. The van der Waals surface area contributed by atoms with Gasteiger partial charge in [0, 0.05) is 23.5 Å². The third kappa shape index (κ3) is 2.41. The van der Waals surface area contributed by atoms with Crippen molar-refractivity contribution in [3.05, 3.63) is 62.7 Å². The van der Waals surface area contributed by atoms with Gasteiger partial charge in [-0.2, -0.15) is 0 Å². The van der Waals surface area contributed by atoms with Crippen LogP contribution in [0.25, 0.3) is 0 Å². The molecule has 5 nitrogen and oxygen atoms in total. The fraction of sp³-hybridized carbons (Fsp3) is 0.0909. The first-order valence-electron chi connectivity index (χ1n) is 4.90. The van der Waals surface area contributed by atoms with Crippen molar-refractivity contribution in [2.24, 2.45) is 0 Å². The van der Waals surface area contributed by atoms with Crippen LogP contribution >= 0.6 is 0 Å². The van der Waals surface area contributed by atoms with E-state index in [1.807, 2.05) is 0 Å². The number of H-pyrrole nitrogens is 1. The molecule has 2 aromatic rings. The molecule has 0 unspecified atom stereocenters. The number of aromatic amines is 1. The second-order valence-corrected chi connectivity index (χ2v) is 3.59. The SMILES string of the molecule is Nc1ccc(Cn2ccc(=O)[nH]c2=O)c(F)c1. The summed E-state index contributed by atoms with van der Waals surface area (Å²) >= 11 is 0. The van der Waals surface area contributed by atoms with Gasteiger partial charge < -0.3 is 5.73 Å². The van der Waals surface area contributed by atoms with Crippen LogP contribution in [0.2, 0.25) is 0 Å². The quantitative estimate of drug-likeness (QED) is 0.735. The van der Waals surface area contributed by atoms with Crippen molar-refractivity contribution in [2.75, 3.05) is 5.73 Å². The van der Waals surface area contributed by atoms with E-state index in [0.29, 0.717) is 11.3 Å². The number of rotatable bonds is 2. The first-order valence-corrected chi connectivity index (χ1v) is 4.90. The van der Waals surface area contributed by atoms with Gasteiger partial charge in [-0.25, -0.2) is 9.18 Å². The lowest BCUT2D eigenvalue weighted by Gasteiger charge is -2.06. The van der Waals surface area contributed by atoms with E-state index in [-0.39, 0.29) is 6.54 Å². The number of halogens is 1. The van der Waals surface area contributed by atoms with Gasteiger partial charge in [0.25, 0.3) is 5.56 Å². The van der Waals surface area contributed by atoms with Crippen molar-refractivity contribution in [2.45, 2.75) is 6.54 Å². The highest BCUT2D eigenvalue weighted by atomic mass is 19.1. The van der Waals surface area contributed by atoms with Crippen molar-refractivity contribution in [1.82, 2.24) is 9.55 Å². The zero-order valence-electron chi connectivity index (χ0n) is 8.81. The van der Waals surface area contributed by atoms with Crippen LogP contribution in [0.4, 0.5) is 10.1 Å². The summed E-state index contributed by atoms with van der Waals surface area (Å²) < 4.78 is 14.7. The Morgan fingerprint density at radius 2 is 2.06 bits per heavy atom. The van der Waals surface area contributed by atoms with Gasteiger partial charge in [0.15, 0.2) is 0 Å². The molecule has 0 aliphatic rings. The number of hydrogen-bond donors (Lipinski definition) is 2. The van der Waals surface area contributed by atoms with Crippen molar-refractivity contribution in [3.8, 4) is 0 Å². The molecule has 6 heteroatoms. The monoisotopic (exact) mass is 235 g/mol. The third-order valence-corrected chi connectivity index (χ3v) is 2.31. The zero-order valence-corrected chi connectivity index (χ0v) is 8.81. The molecule has 0 saturated carbocycles. The Labute approximate surface area is 95.3 Å². The highest BCUT2D eigenvalue weighted by Gasteiger charge is 2.04. The number of nitrogens with one attached hydrogen (secondary N) is 1. The van der Waals surface area contributed by atoms with Gasteiger partial charge in [-0.1, -0.05) is 6.07 Å². The van der Waals surface area contributed by atoms with E-state index in [4.69, 9.17) is 5.73 Å². The highest BCUT2D eigenvalue weighted by molar-refractivity contribution is 5.40. The van der Waals surface area contributed by atoms with E-state index in [9.17, 15) is 14.0 Å². The Hall–Kier alpha value is -2.37. The Balaban J connectivity index is 2.38. The number of nitrogen functional groups attached to an aromatic ring is 1. The molecule has 17 heavy (non-hydrogen) atoms. The van der Waals surface area contributed by atoms with Crippen LogP contribution in [0.1, 0.15) is 5.56 Å². The summed E-state index contributed by atoms with van der Waals surface area (Å²) in [6.07, 6.45) is 1.32. The van der Waals surface area contributed by atoms with Crippen LogP contribution in [0.15, 0.2) is 40.1 Å². The molecule has 0 amide bonds. The molecule has 1 heterocycles. The Bertz CT molecular complexity index is 660. The lowest BCUT2D eigenvalue weighted by Crippen LogP contribution is -2.29. The predicted octanol–water partition coefficient (Wildman–Crippen LogP) is 0.306. The molecule has 0 bridgehead atoms. The minimum Gasteiger partial charge on any atom is -0.399 e. The van der Waals surface area contributed by atoms with Crippen LogP contribution in [-0.2, 0) is 6.54 Å². The van der Waals surface area contributed by atoms with E-state index < -0.39 is 17.1 Å². The predicted molar refractivity (Wildman–Crippen MR) is 61.2 cm³/mol. The van der Waals surface area contributed by atoms with E-state index in [0.717, 1.165) is 0 Å². The van der Waals surface area contributed by atoms with E-state index in [1.165, 1.54) is 29.0 Å². The molecule has 0 radical (unpaired) electrons. The number of anilines is 1. The summed E-state index contributed by atoms with van der Waals surface area (Å²) in [5.74, 6) is -0.483. The van der Waals surface area contributed by atoms with Crippen LogP contribution < -0.4 is 17.0 Å². The number of hydrogen-bond acceptors (Lipinski definition) is 3. The first-order chi connectivity index (χ1) is 8.06. The normalized spacial score (nSPS) is 10.4. The van der Waals surface area contributed by atoms with Crippen molar-refractivity contribution in [1.29, 1.82) is 0 Å². The fourth-order valence-electron chi connectivity index (χ4n) is 1.44. The summed E-state index contributed by atoms with van der Waals surface area (Å²) in [5.41, 5.74) is 5.00. The molecule has 0 atom stereocenters. The Kier molecular flexibility index (Phi) is 2.78. The van der Waals surface area contributed by atoms with Gasteiger partial charge in [0.2, 0.25) is 0 Å². The molecule has 88 valence electrons. The second kappa shape index (κ2) is 4.25. The average molecular weight is 235 g/mol. The van der Waals surface area contributed by atoms with Gasteiger partial charge in [-0.15, -0.1) is 0 Å². The molecule has 1 aromatic carbocycles. The minimum atomic E-state index is -0.575. The van der Waals surface area contributed by atoms with Gasteiger partial charge in [-0.05, 0) is 12.1 Å². The van der Waals surface area contributed by atoms with Gasteiger partial charge in [0.05, 0.1) is 6.54 Å². The van der Waals surface area contributed by atoms with Crippen LogP contribution in [0.3, 0.4) is 0 Å². The molecule has 0 fully saturated rings. The standard InChI is InChI=1S/C11H10FN3O2/c12-9-5-8(13)2-1-7(9)6-15-4-3-10(16)14-11(15)17/h1-5H,6,13H2,(H,14,16,17). The van der Waals surface area contributed by atoms with Gasteiger partial charge in [-0.3, -0.25) is 14.3 Å². The maximum Gasteiger partial charge on any atom is 0.328 e. The maximum atomic E-state index is 13.5. The second-order valence-electron chi connectivity index (χ2n) is 3.59. The topological polar surface area (TPSA) is 80.9 Å². The molecular formula is C11H10FN3O2. The molecule has 0 saturated heterocycles. The third-order valence-electron chi connectivity index (χ3n) is 2.31. The average Bonchev–Trinajstić information content (AvgIpc) is 2.25. The summed E-state index contributed by atoms with van der Waals surface area (Å²) in [5, 5.41) is 0. The zero-order chi connectivity index (χ0) is 12.4. The fourth-order valence-corrected chi connectivity index (χ4v) is 1.44. The molecule has 2 rings (SSSR count). The van der Waals surface area contributed by atoms with E-state index in [1.54, 1.807) is 6.07 Å². The number of aromatic nitrogens is 2. The Morgan fingerprint density at radius 1 is 1.29 bits per heavy atom. The molecular weight excluding hydrogens is 225 g/mol. The highest BCUT2D eigenvalue weighted by Crippen LogP contribution is 2.12. The van der Waals surface area contributed by atoms with Crippen molar-refractivity contribution in [3.63, 3.8) is 0 Å². The van der Waals surface area contributed by atoms with Gasteiger partial charge in [0.1, 0.15) is 5.82 Å². The lowest BCUT2D eigenvalue weighted by atomic mass is 10.2. The maximum absolute atomic E-state index is 13.5. The number of benzene rings is 1. The summed E-state index contributed by atoms with van der Waals surface area (Å²) in [6.45, 7) is 0.0434. The van der Waals surface area contributed by atoms with E-state index >= 15 is 0 Å². The number of nitrogens with zero attached hydrogens (tertiary/aromatic N) is 1. The molecule has 1 aromatic heterocycles. The summed E-state index contributed by atoms with van der Waals surface area (Å²) in [4.78, 5) is 24.3. The van der Waals surface area contributed by atoms with Crippen LogP contribution in [0, 0.1) is 5.82 Å². The Morgan fingerprint density at radius 3 is 2.71 bits per heavy atom. The molecule has 0 aliphatic carbocycles. The van der Waals surface area contributed by atoms with Gasteiger partial charge >= 0.3 is 5.69 Å². The van der Waals surface area contributed by atoms with Crippen molar-refractivity contribution < 1.29 is 4.39 Å². The summed E-state index contributed by atoms with van der Waals surface area (Å²) in [7, 11) is 0. The van der Waals surface area contributed by atoms with Crippen LogP contribution in [0.5, 0.6) is 0 Å². The van der Waals surface area contributed by atoms with E-state index in [2.05, 4.69) is 4.98 Å². The molecule has 0 aliphatic heterocycles. The van der Waals surface area contributed by atoms with Crippen molar-refractivity contribution >= 4 is 5.69 Å². The smallest absolute Gasteiger partial charge is 0.328 e. The summed E-state index contributed by atoms with van der Waals surface area (Å²) in [6, 6.07) is 5.44. The molecule has 3 N–H and O–H groups in total.